The Morgan fingerprint density at radius 2 is 0.795 bits per heavy atom. The zero-order valence-corrected chi connectivity index (χ0v) is 22.9. The minimum atomic E-state index is -0.398. The second-order valence-electron chi connectivity index (χ2n) is 7.87. The SMILES string of the molecule is CNC(=O)c1ccc(C(=O)NCCNCCNC(=O)c2ccc(C(=O)NC)c(OC)c2OC)c(OC)c1OC. The van der Waals surface area contributed by atoms with Crippen LogP contribution < -0.4 is 45.5 Å². The smallest absolute Gasteiger partial charge is 0.255 e. The Morgan fingerprint density at radius 3 is 1.05 bits per heavy atom. The summed E-state index contributed by atoms with van der Waals surface area (Å²) in [6, 6.07) is 5.98. The van der Waals surface area contributed by atoms with Gasteiger partial charge in [0.2, 0.25) is 0 Å². The van der Waals surface area contributed by atoms with Crippen molar-refractivity contribution in [2.45, 2.75) is 0 Å². The van der Waals surface area contributed by atoms with E-state index < -0.39 is 11.8 Å². The van der Waals surface area contributed by atoms with Gasteiger partial charge in [0.1, 0.15) is 0 Å². The van der Waals surface area contributed by atoms with Crippen LogP contribution in [0.5, 0.6) is 23.0 Å². The Kier molecular flexibility index (Phi) is 11.8. The van der Waals surface area contributed by atoms with E-state index in [2.05, 4.69) is 26.6 Å². The van der Waals surface area contributed by atoms with Gasteiger partial charge in [0.15, 0.2) is 23.0 Å². The number of carbonyl (C=O) groups excluding carboxylic acids is 4. The molecule has 0 saturated heterocycles. The molecule has 39 heavy (non-hydrogen) atoms. The first-order valence-corrected chi connectivity index (χ1v) is 12.0. The third kappa shape index (κ3) is 7.29. The molecule has 4 amide bonds. The third-order valence-electron chi connectivity index (χ3n) is 5.65. The summed E-state index contributed by atoms with van der Waals surface area (Å²) in [7, 11) is 8.54. The van der Waals surface area contributed by atoms with Gasteiger partial charge in [-0.1, -0.05) is 0 Å². The lowest BCUT2D eigenvalue weighted by Crippen LogP contribution is -2.36. The van der Waals surface area contributed by atoms with Crippen LogP contribution in [0.3, 0.4) is 0 Å². The lowest BCUT2D eigenvalue weighted by Gasteiger charge is -2.16. The minimum Gasteiger partial charge on any atom is -0.492 e. The lowest BCUT2D eigenvalue weighted by molar-refractivity contribution is 0.0938. The number of amides is 4. The summed E-state index contributed by atoms with van der Waals surface area (Å²) in [5.41, 5.74) is 0.938. The fraction of sp³-hybridized carbons (Fsp3) is 0.385. The Labute approximate surface area is 226 Å². The first kappa shape index (κ1) is 30.7. The van der Waals surface area contributed by atoms with Crippen molar-refractivity contribution in [3.8, 4) is 23.0 Å². The molecule has 0 saturated carbocycles. The van der Waals surface area contributed by atoms with Crippen molar-refractivity contribution in [3.05, 3.63) is 46.5 Å². The fourth-order valence-corrected chi connectivity index (χ4v) is 3.76. The maximum atomic E-state index is 12.7. The Bertz CT molecular complexity index is 1110. The van der Waals surface area contributed by atoms with Crippen molar-refractivity contribution in [1.29, 1.82) is 0 Å². The Morgan fingerprint density at radius 1 is 0.513 bits per heavy atom. The molecule has 13 heteroatoms. The summed E-state index contributed by atoms with van der Waals surface area (Å²) in [5.74, 6) is -0.898. The van der Waals surface area contributed by atoms with Gasteiger partial charge < -0.3 is 45.5 Å². The molecule has 0 unspecified atom stereocenters. The highest BCUT2D eigenvalue weighted by atomic mass is 16.5. The normalized spacial score (nSPS) is 10.2. The van der Waals surface area contributed by atoms with Crippen LogP contribution in [-0.4, -0.2) is 92.3 Å². The van der Waals surface area contributed by atoms with E-state index in [0.29, 0.717) is 26.2 Å². The van der Waals surface area contributed by atoms with Gasteiger partial charge in [-0.15, -0.1) is 0 Å². The number of hydrogen-bond donors (Lipinski definition) is 5. The molecule has 5 N–H and O–H groups in total. The van der Waals surface area contributed by atoms with Crippen LogP contribution in [0, 0.1) is 0 Å². The topological polar surface area (TPSA) is 165 Å². The van der Waals surface area contributed by atoms with Crippen LogP contribution in [0.15, 0.2) is 24.3 Å². The number of carbonyl (C=O) groups is 4. The van der Waals surface area contributed by atoms with Crippen molar-refractivity contribution in [2.24, 2.45) is 0 Å². The van der Waals surface area contributed by atoms with E-state index in [0.717, 1.165) is 0 Å². The molecule has 0 atom stereocenters. The number of benzene rings is 2. The average Bonchev–Trinajstić information content (AvgIpc) is 2.97. The average molecular weight is 546 g/mol. The van der Waals surface area contributed by atoms with E-state index in [1.807, 2.05) is 0 Å². The number of nitrogens with one attached hydrogen (secondary N) is 5. The molecule has 2 rings (SSSR count). The minimum absolute atomic E-state index is 0.155. The van der Waals surface area contributed by atoms with E-state index in [9.17, 15) is 19.2 Å². The highest BCUT2D eigenvalue weighted by molar-refractivity contribution is 6.04. The van der Waals surface area contributed by atoms with Gasteiger partial charge in [-0.2, -0.15) is 0 Å². The monoisotopic (exact) mass is 545 g/mol. The maximum absolute atomic E-state index is 12.7. The Hall–Kier alpha value is -4.52. The predicted octanol–water partition coefficient (Wildman–Crippen LogP) is 0.190. The van der Waals surface area contributed by atoms with Gasteiger partial charge in [0, 0.05) is 40.3 Å². The van der Waals surface area contributed by atoms with Crippen LogP contribution >= 0.6 is 0 Å². The molecule has 212 valence electrons. The number of methoxy groups -OCH3 is 4. The summed E-state index contributed by atoms with van der Waals surface area (Å²) in [4.78, 5) is 49.5. The molecule has 0 aromatic heterocycles. The number of ether oxygens (including phenoxy) is 4. The molecule has 0 aliphatic rings. The highest BCUT2D eigenvalue weighted by Crippen LogP contribution is 2.35. The number of rotatable bonds is 14. The molecular weight excluding hydrogens is 510 g/mol. The van der Waals surface area contributed by atoms with Crippen LogP contribution in [-0.2, 0) is 0 Å². The molecule has 0 bridgehead atoms. The van der Waals surface area contributed by atoms with Crippen LogP contribution in [0.2, 0.25) is 0 Å². The van der Waals surface area contributed by atoms with Crippen molar-refractivity contribution in [2.75, 3.05) is 68.7 Å². The largest absolute Gasteiger partial charge is 0.492 e. The van der Waals surface area contributed by atoms with Crippen molar-refractivity contribution >= 4 is 23.6 Å². The quantitative estimate of drug-likeness (QED) is 0.208. The first-order chi connectivity index (χ1) is 18.8. The van der Waals surface area contributed by atoms with E-state index in [1.54, 1.807) is 0 Å². The summed E-state index contributed by atoms with van der Waals surface area (Å²) >= 11 is 0. The second-order valence-corrected chi connectivity index (χ2v) is 7.87. The van der Waals surface area contributed by atoms with E-state index in [4.69, 9.17) is 18.9 Å². The Balaban J connectivity index is 1.88. The summed E-state index contributed by atoms with van der Waals surface area (Å²) < 4.78 is 21.3. The summed E-state index contributed by atoms with van der Waals surface area (Å²) in [6.07, 6.45) is 0. The van der Waals surface area contributed by atoms with Gasteiger partial charge in [-0.3, -0.25) is 19.2 Å². The van der Waals surface area contributed by atoms with E-state index in [-0.39, 0.29) is 57.1 Å². The fourth-order valence-electron chi connectivity index (χ4n) is 3.76. The molecule has 0 heterocycles. The molecule has 0 aliphatic heterocycles. The number of hydrogen-bond acceptors (Lipinski definition) is 9. The first-order valence-electron chi connectivity index (χ1n) is 12.0. The molecule has 0 spiro atoms. The van der Waals surface area contributed by atoms with E-state index >= 15 is 0 Å². The maximum Gasteiger partial charge on any atom is 0.255 e. The zero-order valence-electron chi connectivity index (χ0n) is 22.9. The van der Waals surface area contributed by atoms with Gasteiger partial charge in [-0.25, -0.2) is 0 Å². The molecular formula is C26H35N5O8. The van der Waals surface area contributed by atoms with Crippen LogP contribution in [0.1, 0.15) is 41.4 Å². The van der Waals surface area contributed by atoms with E-state index in [1.165, 1.54) is 66.8 Å². The van der Waals surface area contributed by atoms with Crippen LogP contribution in [0.4, 0.5) is 0 Å². The molecule has 2 aromatic carbocycles. The summed E-state index contributed by atoms with van der Waals surface area (Å²) in [6.45, 7) is 1.44. The molecule has 0 aliphatic carbocycles. The van der Waals surface area contributed by atoms with Crippen molar-refractivity contribution < 1.29 is 38.1 Å². The van der Waals surface area contributed by atoms with Crippen molar-refractivity contribution in [3.63, 3.8) is 0 Å². The second kappa shape index (κ2) is 15.0. The summed E-state index contributed by atoms with van der Waals surface area (Å²) in [5, 5.41) is 13.7. The van der Waals surface area contributed by atoms with Gasteiger partial charge >= 0.3 is 0 Å². The van der Waals surface area contributed by atoms with Crippen LogP contribution in [0.25, 0.3) is 0 Å². The lowest BCUT2D eigenvalue weighted by atomic mass is 10.1. The third-order valence-corrected chi connectivity index (χ3v) is 5.65. The highest BCUT2D eigenvalue weighted by Gasteiger charge is 2.24. The molecule has 0 radical (unpaired) electrons. The van der Waals surface area contributed by atoms with Gasteiger partial charge in [0.05, 0.1) is 50.7 Å². The predicted molar refractivity (Wildman–Crippen MR) is 143 cm³/mol. The van der Waals surface area contributed by atoms with Crippen molar-refractivity contribution in [1.82, 2.24) is 26.6 Å². The molecule has 13 nitrogen and oxygen atoms in total. The molecule has 2 aromatic rings. The zero-order chi connectivity index (χ0) is 28.9. The molecule has 0 fully saturated rings. The van der Waals surface area contributed by atoms with Gasteiger partial charge in [-0.05, 0) is 24.3 Å². The van der Waals surface area contributed by atoms with Gasteiger partial charge in [0.25, 0.3) is 23.6 Å². The standard InChI is InChI=1S/C26H35N5O8/c1-27-23(32)15-7-9-17(21(38-5)19(15)36-3)25(34)30-13-11-29-12-14-31-26(35)18-10-8-16(24(33)28-2)20(37-4)22(18)39-6/h7-10,29H,11-14H2,1-6H3,(H,27,32)(H,28,33)(H,30,34)(H,31,35).